The van der Waals surface area contributed by atoms with Gasteiger partial charge in [0.2, 0.25) is 17.7 Å². The highest BCUT2D eigenvalue weighted by Crippen LogP contribution is 2.24. The Morgan fingerprint density at radius 3 is 1.76 bits per heavy atom. The lowest BCUT2D eigenvalue weighted by atomic mass is 9.84. The average Bonchev–Trinajstić information content (AvgIpc) is 2.67. The molecule has 0 saturated heterocycles. The first-order valence-electron chi connectivity index (χ1n) is 10.7. The van der Waals surface area contributed by atoms with Gasteiger partial charge in [-0.15, -0.1) is 0 Å². The molecule has 5 N–H and O–H groups in total. The minimum absolute atomic E-state index is 0.0770. The van der Waals surface area contributed by atoms with Gasteiger partial charge in [-0.25, -0.2) is 4.79 Å². The van der Waals surface area contributed by atoms with Gasteiger partial charge < -0.3 is 30.3 Å². The molecule has 0 aliphatic carbocycles. The monoisotopic (exact) mass is 420 g/mol. The zero-order chi connectivity index (χ0) is 22.5. The van der Waals surface area contributed by atoms with Gasteiger partial charge in [0.1, 0.15) is 11.7 Å². The number of hydrogen-bond donors (Lipinski definition) is 5. The van der Waals surface area contributed by atoms with Gasteiger partial charge in [-0.1, -0.05) is 71.1 Å². The third-order valence-electron chi connectivity index (χ3n) is 5.09. The number of ketones is 1. The van der Waals surface area contributed by atoms with Crippen LogP contribution in [0.15, 0.2) is 0 Å². The number of unbranched alkanes of at least 4 members (excludes halogenated alkanes) is 9. The van der Waals surface area contributed by atoms with Crippen LogP contribution in [0.25, 0.3) is 0 Å². The van der Waals surface area contributed by atoms with Crippen molar-refractivity contribution in [3.8, 4) is 0 Å². The molecule has 8 heteroatoms. The molecule has 0 aliphatic rings. The van der Waals surface area contributed by atoms with Crippen LogP contribution in [0, 0.1) is 0 Å². The predicted molar refractivity (Wildman–Crippen MR) is 108 cm³/mol. The first-order valence-corrected chi connectivity index (χ1v) is 10.7. The smallest absolute Gasteiger partial charge is 0.348 e. The molecule has 0 amide bonds. The Kier molecular flexibility index (Phi) is 13.5. The molecule has 0 aromatic carbocycles. The first kappa shape index (κ1) is 27.9. The van der Waals surface area contributed by atoms with Crippen molar-refractivity contribution in [2.24, 2.45) is 0 Å². The second kappa shape index (κ2) is 14.0. The van der Waals surface area contributed by atoms with Crippen molar-refractivity contribution in [2.75, 3.05) is 6.61 Å². The number of esters is 1. The van der Waals surface area contributed by atoms with Gasteiger partial charge in [0.15, 0.2) is 0 Å². The molecular weight excluding hydrogens is 380 g/mol. The molecule has 0 aromatic heterocycles. The summed E-state index contributed by atoms with van der Waals surface area (Å²) in [6, 6.07) is 0. The van der Waals surface area contributed by atoms with E-state index in [-0.39, 0.29) is 6.42 Å². The first-order chi connectivity index (χ1) is 13.5. The molecule has 4 atom stereocenters. The van der Waals surface area contributed by atoms with E-state index < -0.39 is 42.0 Å². The van der Waals surface area contributed by atoms with Gasteiger partial charge in [-0.2, -0.15) is 0 Å². The van der Waals surface area contributed by atoms with Crippen molar-refractivity contribution in [2.45, 2.75) is 115 Å². The fourth-order valence-electron chi connectivity index (χ4n) is 3.08. The van der Waals surface area contributed by atoms with E-state index in [0.29, 0.717) is 6.42 Å². The van der Waals surface area contributed by atoms with E-state index in [1.54, 1.807) is 0 Å². The number of hydrogen-bond acceptors (Lipinski definition) is 8. The number of aliphatic hydroxyl groups is 5. The van der Waals surface area contributed by atoms with Crippen LogP contribution in [0.4, 0.5) is 0 Å². The summed E-state index contributed by atoms with van der Waals surface area (Å²) < 4.78 is 4.41. The molecular formula is C21H40O8. The Labute approximate surface area is 173 Å². The Hall–Kier alpha value is -1.06. The number of carbonyl (C=O) groups excluding carboxylic acids is 2. The maximum atomic E-state index is 12.4. The second-order valence-corrected chi connectivity index (χ2v) is 8.15. The maximum absolute atomic E-state index is 12.4. The number of aliphatic hydroxyl groups excluding tert-OH is 3. The van der Waals surface area contributed by atoms with E-state index in [4.69, 9.17) is 5.11 Å². The predicted octanol–water partition coefficient (Wildman–Crippen LogP) is 1.58. The number of ether oxygens (including phenoxy) is 1. The highest BCUT2D eigenvalue weighted by Gasteiger charge is 2.49. The SMILES string of the molecule is CCCCCCCCCCCCC(C)(O)C(=O)C(C)(O)C(=O)OC(O)C(O)CO. The van der Waals surface area contributed by atoms with Gasteiger partial charge in [0.25, 0.3) is 0 Å². The largest absolute Gasteiger partial charge is 0.430 e. The lowest BCUT2D eigenvalue weighted by Crippen LogP contribution is -2.56. The van der Waals surface area contributed by atoms with E-state index in [2.05, 4.69) is 11.7 Å². The van der Waals surface area contributed by atoms with Gasteiger partial charge in [0, 0.05) is 0 Å². The minimum Gasteiger partial charge on any atom is -0.430 e. The summed E-state index contributed by atoms with van der Waals surface area (Å²) >= 11 is 0. The fraction of sp³-hybridized carbons (Fsp3) is 0.905. The highest BCUT2D eigenvalue weighted by molar-refractivity contribution is 6.10. The normalized spacial score (nSPS) is 17.8. The van der Waals surface area contributed by atoms with Crippen LogP contribution >= 0.6 is 0 Å². The molecule has 0 spiro atoms. The molecule has 172 valence electrons. The molecule has 0 aromatic rings. The Morgan fingerprint density at radius 1 is 0.862 bits per heavy atom. The minimum atomic E-state index is -2.70. The summed E-state index contributed by atoms with van der Waals surface area (Å²) in [6.45, 7) is 3.40. The van der Waals surface area contributed by atoms with Gasteiger partial charge >= 0.3 is 5.97 Å². The Bertz CT molecular complexity index is 475. The van der Waals surface area contributed by atoms with Gasteiger partial charge in [-0.05, 0) is 20.3 Å². The lowest BCUT2D eigenvalue weighted by molar-refractivity contribution is -0.208. The van der Waals surface area contributed by atoms with Crippen LogP contribution in [0.2, 0.25) is 0 Å². The summed E-state index contributed by atoms with van der Waals surface area (Å²) in [5.41, 5.74) is -4.64. The topological polar surface area (TPSA) is 145 Å². The number of Topliss-reactive ketones (excluding diaryl/α,β-unsaturated/α-hetero) is 1. The maximum Gasteiger partial charge on any atom is 0.348 e. The van der Waals surface area contributed by atoms with Crippen molar-refractivity contribution >= 4 is 11.8 Å². The zero-order valence-electron chi connectivity index (χ0n) is 18.1. The number of rotatable bonds is 17. The Morgan fingerprint density at radius 2 is 1.31 bits per heavy atom. The molecule has 8 nitrogen and oxygen atoms in total. The zero-order valence-corrected chi connectivity index (χ0v) is 18.1. The molecule has 0 saturated carbocycles. The average molecular weight is 421 g/mol. The third kappa shape index (κ3) is 10.5. The third-order valence-corrected chi connectivity index (χ3v) is 5.09. The van der Waals surface area contributed by atoms with E-state index in [1.807, 2.05) is 0 Å². The molecule has 0 bridgehead atoms. The quantitative estimate of drug-likeness (QED) is 0.103. The van der Waals surface area contributed by atoms with Crippen LogP contribution in [-0.4, -0.2) is 67.5 Å². The van der Waals surface area contributed by atoms with E-state index in [0.717, 1.165) is 26.2 Å². The van der Waals surface area contributed by atoms with E-state index in [1.165, 1.54) is 45.4 Å². The van der Waals surface area contributed by atoms with Gasteiger partial charge in [0.05, 0.1) is 6.61 Å². The second-order valence-electron chi connectivity index (χ2n) is 8.15. The van der Waals surface area contributed by atoms with E-state index >= 15 is 0 Å². The summed E-state index contributed by atoms with van der Waals surface area (Å²) in [6.07, 6.45) is 7.11. The summed E-state index contributed by atoms with van der Waals surface area (Å²) in [5, 5.41) is 47.9. The van der Waals surface area contributed by atoms with Crippen molar-refractivity contribution in [1.82, 2.24) is 0 Å². The standard InChI is InChI=1S/C21H40O8/c1-4-5-6-7-8-9-10-11-12-13-14-20(2,27)18(25)21(3,28)19(26)29-17(24)16(23)15-22/h16-17,22-24,27-28H,4-15H2,1-3H3. The van der Waals surface area contributed by atoms with Crippen molar-refractivity contribution < 1.29 is 39.9 Å². The van der Waals surface area contributed by atoms with Crippen LogP contribution in [-0.2, 0) is 14.3 Å². The molecule has 0 heterocycles. The molecule has 0 radical (unpaired) electrons. The van der Waals surface area contributed by atoms with Crippen LogP contribution in [0.1, 0.15) is 91.4 Å². The summed E-state index contributed by atoms with van der Waals surface area (Å²) in [7, 11) is 0. The van der Waals surface area contributed by atoms with E-state index in [9.17, 15) is 30.0 Å². The van der Waals surface area contributed by atoms with Crippen molar-refractivity contribution in [1.29, 1.82) is 0 Å². The van der Waals surface area contributed by atoms with Crippen molar-refractivity contribution in [3.63, 3.8) is 0 Å². The Balaban J connectivity index is 4.32. The summed E-state index contributed by atoms with van der Waals surface area (Å²) in [5.74, 6) is -2.65. The molecule has 4 unspecified atom stereocenters. The van der Waals surface area contributed by atoms with Crippen molar-refractivity contribution in [3.05, 3.63) is 0 Å². The van der Waals surface area contributed by atoms with Gasteiger partial charge in [-0.3, -0.25) is 4.79 Å². The fourth-order valence-corrected chi connectivity index (χ4v) is 3.08. The number of carbonyl (C=O) groups is 2. The molecule has 0 aliphatic heterocycles. The lowest BCUT2D eigenvalue weighted by Gasteiger charge is -2.30. The molecule has 0 fully saturated rings. The van der Waals surface area contributed by atoms with Crippen LogP contribution in [0.5, 0.6) is 0 Å². The van der Waals surface area contributed by atoms with Crippen LogP contribution in [0.3, 0.4) is 0 Å². The summed E-state index contributed by atoms with van der Waals surface area (Å²) in [4.78, 5) is 24.4. The van der Waals surface area contributed by atoms with Crippen LogP contribution < -0.4 is 0 Å². The highest BCUT2D eigenvalue weighted by atomic mass is 16.7. The molecule has 0 rings (SSSR count). The molecule has 29 heavy (non-hydrogen) atoms.